The Morgan fingerprint density at radius 3 is 3.08 bits per heavy atom. The maximum Gasteiger partial charge on any atom is 0.253 e. The third-order valence-electron chi connectivity index (χ3n) is 1.72. The molecule has 0 saturated carbocycles. The lowest BCUT2D eigenvalue weighted by molar-refractivity contribution is -0.122. The molecule has 0 bridgehead atoms. The van der Waals surface area contributed by atoms with Crippen molar-refractivity contribution in [2.24, 2.45) is 0 Å². The van der Waals surface area contributed by atoms with Crippen LogP contribution in [0.15, 0.2) is 18.4 Å². The minimum absolute atomic E-state index is 0.115. The van der Waals surface area contributed by atoms with Crippen molar-refractivity contribution in [1.29, 1.82) is 0 Å². The van der Waals surface area contributed by atoms with Crippen LogP contribution in [0, 0.1) is 0 Å². The molecule has 1 N–H and O–H groups in total. The second-order valence-corrected chi connectivity index (χ2v) is 2.71. The summed E-state index contributed by atoms with van der Waals surface area (Å²) in [5.41, 5.74) is 2.41. The summed E-state index contributed by atoms with van der Waals surface area (Å²) < 4.78 is 5.29. The summed E-state index contributed by atoms with van der Waals surface area (Å²) in [5.74, 6) is -0.183. The predicted molar refractivity (Wildman–Crippen MR) is 45.4 cm³/mol. The van der Waals surface area contributed by atoms with Gasteiger partial charge in [0, 0.05) is 12.7 Å². The number of carbonyl (C=O) groups excluding carboxylic acids is 1. The van der Waals surface area contributed by atoms with Gasteiger partial charge in [-0.1, -0.05) is 6.58 Å². The first-order valence-electron chi connectivity index (χ1n) is 4.11. The first kappa shape index (κ1) is 9.04. The molecule has 0 spiro atoms. The van der Waals surface area contributed by atoms with E-state index in [2.05, 4.69) is 17.6 Å². The van der Waals surface area contributed by atoms with Gasteiger partial charge >= 0.3 is 0 Å². The normalized spacial score (nSPS) is 22.5. The van der Waals surface area contributed by atoms with Crippen LogP contribution < -0.4 is 5.32 Å². The Labute approximate surface area is 72.1 Å². The fourth-order valence-corrected chi connectivity index (χ4v) is 1.15. The largest absolute Gasteiger partial charge is 0.359 e. The quantitative estimate of drug-likeness (QED) is 0.491. The van der Waals surface area contributed by atoms with Gasteiger partial charge in [-0.15, -0.1) is 5.73 Å². The molecular formula is C9H13NO2. The molecule has 66 valence electrons. The molecule has 1 unspecified atom stereocenters. The SMILES string of the molecule is C=C=CC(=O)NC1CCCCO1. The van der Waals surface area contributed by atoms with E-state index in [1.807, 2.05) is 0 Å². The van der Waals surface area contributed by atoms with Crippen molar-refractivity contribution in [1.82, 2.24) is 5.32 Å². The monoisotopic (exact) mass is 167 g/mol. The van der Waals surface area contributed by atoms with Gasteiger partial charge in [0.1, 0.15) is 6.23 Å². The van der Waals surface area contributed by atoms with Crippen molar-refractivity contribution >= 4 is 5.91 Å². The molecule has 1 saturated heterocycles. The summed E-state index contributed by atoms with van der Waals surface area (Å²) in [4.78, 5) is 11.0. The number of hydrogen-bond acceptors (Lipinski definition) is 2. The fourth-order valence-electron chi connectivity index (χ4n) is 1.15. The van der Waals surface area contributed by atoms with Gasteiger partial charge in [0.25, 0.3) is 5.91 Å². The van der Waals surface area contributed by atoms with Gasteiger partial charge in [0.15, 0.2) is 0 Å². The molecule has 0 aromatic carbocycles. The average molecular weight is 167 g/mol. The zero-order valence-electron chi connectivity index (χ0n) is 7.01. The Hall–Kier alpha value is -1.05. The fraction of sp³-hybridized carbons (Fsp3) is 0.556. The smallest absolute Gasteiger partial charge is 0.253 e. The van der Waals surface area contributed by atoms with Crippen LogP contribution in [-0.4, -0.2) is 18.7 Å². The van der Waals surface area contributed by atoms with E-state index in [0.29, 0.717) is 0 Å². The molecule has 0 radical (unpaired) electrons. The number of ether oxygens (including phenoxy) is 1. The molecule has 1 atom stereocenters. The van der Waals surface area contributed by atoms with Gasteiger partial charge in [-0.05, 0) is 19.3 Å². The third kappa shape index (κ3) is 2.91. The van der Waals surface area contributed by atoms with Crippen molar-refractivity contribution in [3.63, 3.8) is 0 Å². The highest BCUT2D eigenvalue weighted by atomic mass is 16.5. The summed E-state index contributed by atoms with van der Waals surface area (Å²) in [6.07, 6.45) is 4.26. The first-order valence-corrected chi connectivity index (χ1v) is 4.11. The van der Waals surface area contributed by atoms with E-state index in [-0.39, 0.29) is 12.1 Å². The minimum Gasteiger partial charge on any atom is -0.359 e. The summed E-state index contributed by atoms with van der Waals surface area (Å²) in [6.45, 7) is 4.05. The molecule has 0 aliphatic carbocycles. The number of nitrogens with one attached hydrogen (secondary N) is 1. The average Bonchev–Trinajstić information content (AvgIpc) is 2.06. The van der Waals surface area contributed by atoms with E-state index in [1.54, 1.807) is 0 Å². The minimum atomic E-state index is -0.183. The van der Waals surface area contributed by atoms with Crippen molar-refractivity contribution in [2.75, 3.05) is 6.61 Å². The Morgan fingerprint density at radius 1 is 1.67 bits per heavy atom. The molecule has 12 heavy (non-hydrogen) atoms. The predicted octanol–water partition coefficient (Wildman–Crippen LogP) is 0.970. The van der Waals surface area contributed by atoms with Gasteiger partial charge in [-0.25, -0.2) is 0 Å². The van der Waals surface area contributed by atoms with E-state index in [9.17, 15) is 4.79 Å². The molecule has 3 nitrogen and oxygen atoms in total. The highest BCUT2D eigenvalue weighted by Crippen LogP contribution is 2.09. The van der Waals surface area contributed by atoms with Crippen LogP contribution in [0.5, 0.6) is 0 Å². The molecule has 1 aliphatic heterocycles. The molecule has 0 aromatic heterocycles. The molecule has 3 heteroatoms. The Morgan fingerprint density at radius 2 is 2.50 bits per heavy atom. The van der Waals surface area contributed by atoms with Crippen LogP contribution in [-0.2, 0) is 9.53 Å². The standard InChI is InChI=1S/C9H13NO2/c1-2-5-8(11)10-9-6-3-4-7-12-9/h5,9H,1,3-4,6-7H2,(H,10,11). The van der Waals surface area contributed by atoms with Crippen LogP contribution in [0.25, 0.3) is 0 Å². The molecule has 1 aliphatic rings. The summed E-state index contributed by atoms with van der Waals surface area (Å²) in [6, 6.07) is 0. The van der Waals surface area contributed by atoms with Crippen molar-refractivity contribution in [2.45, 2.75) is 25.5 Å². The lowest BCUT2D eigenvalue weighted by atomic mass is 10.2. The van der Waals surface area contributed by atoms with Crippen LogP contribution in [0.2, 0.25) is 0 Å². The molecule has 1 heterocycles. The number of carbonyl (C=O) groups is 1. The van der Waals surface area contributed by atoms with Crippen molar-refractivity contribution in [3.05, 3.63) is 18.4 Å². The second-order valence-electron chi connectivity index (χ2n) is 2.71. The number of amides is 1. The Bertz CT molecular complexity index is 201. The lowest BCUT2D eigenvalue weighted by Crippen LogP contribution is -2.37. The van der Waals surface area contributed by atoms with Crippen molar-refractivity contribution < 1.29 is 9.53 Å². The second kappa shape index (κ2) is 4.75. The zero-order chi connectivity index (χ0) is 8.81. The van der Waals surface area contributed by atoms with Gasteiger partial charge in [-0.2, -0.15) is 0 Å². The highest BCUT2D eigenvalue weighted by Gasteiger charge is 2.14. The van der Waals surface area contributed by atoms with E-state index in [0.717, 1.165) is 25.9 Å². The van der Waals surface area contributed by atoms with E-state index < -0.39 is 0 Å². The van der Waals surface area contributed by atoms with E-state index in [4.69, 9.17) is 4.74 Å². The van der Waals surface area contributed by atoms with Gasteiger partial charge in [0.05, 0.1) is 0 Å². The van der Waals surface area contributed by atoms with Crippen LogP contribution in [0.4, 0.5) is 0 Å². The molecule has 1 amide bonds. The maximum atomic E-state index is 11.0. The zero-order valence-corrected chi connectivity index (χ0v) is 7.01. The number of rotatable bonds is 2. The molecule has 1 fully saturated rings. The summed E-state index contributed by atoms with van der Waals surface area (Å²) in [5, 5.41) is 2.70. The highest BCUT2D eigenvalue weighted by molar-refractivity contribution is 5.87. The first-order chi connectivity index (χ1) is 5.83. The summed E-state index contributed by atoms with van der Waals surface area (Å²) >= 11 is 0. The van der Waals surface area contributed by atoms with Crippen molar-refractivity contribution in [3.8, 4) is 0 Å². The molecular weight excluding hydrogens is 154 g/mol. The Balaban J connectivity index is 2.29. The summed E-state index contributed by atoms with van der Waals surface area (Å²) in [7, 11) is 0. The van der Waals surface area contributed by atoms with E-state index >= 15 is 0 Å². The molecule has 1 rings (SSSR count). The number of hydrogen-bond donors (Lipinski definition) is 1. The Kier molecular flexibility index (Phi) is 3.58. The topological polar surface area (TPSA) is 38.3 Å². The van der Waals surface area contributed by atoms with Crippen LogP contribution >= 0.6 is 0 Å². The van der Waals surface area contributed by atoms with Crippen LogP contribution in [0.3, 0.4) is 0 Å². The van der Waals surface area contributed by atoms with Gasteiger partial charge < -0.3 is 10.1 Å². The van der Waals surface area contributed by atoms with Gasteiger partial charge in [0.2, 0.25) is 0 Å². The van der Waals surface area contributed by atoms with E-state index in [1.165, 1.54) is 6.08 Å². The third-order valence-corrected chi connectivity index (χ3v) is 1.72. The van der Waals surface area contributed by atoms with Gasteiger partial charge in [-0.3, -0.25) is 4.79 Å². The lowest BCUT2D eigenvalue weighted by Gasteiger charge is -2.22. The maximum absolute atomic E-state index is 11.0. The molecule has 0 aromatic rings. The van der Waals surface area contributed by atoms with Crippen LogP contribution in [0.1, 0.15) is 19.3 Å².